The second-order valence-corrected chi connectivity index (χ2v) is 7.16. The summed E-state index contributed by atoms with van der Waals surface area (Å²) in [6.07, 6.45) is 7.77. The molecule has 0 aromatic carbocycles. The number of carbonyl (C=O) groups excluding carboxylic acids is 2. The molecule has 1 amide bonds. The molecule has 0 N–H and O–H groups in total. The van der Waals surface area contributed by atoms with Crippen LogP contribution in [0.1, 0.15) is 49.1 Å². The molecule has 1 saturated heterocycles. The van der Waals surface area contributed by atoms with Crippen LogP contribution in [0.15, 0.2) is 12.2 Å². The van der Waals surface area contributed by atoms with Crippen LogP contribution in [-0.4, -0.2) is 39.2 Å². The molecule has 6 heteroatoms. The lowest BCUT2D eigenvalue weighted by atomic mass is 9.93. The summed E-state index contributed by atoms with van der Waals surface area (Å²) in [5.74, 6) is 0.124. The number of rotatable bonds is 5. The van der Waals surface area contributed by atoms with Crippen LogP contribution in [0, 0.1) is 19.8 Å². The summed E-state index contributed by atoms with van der Waals surface area (Å²) in [6.45, 7) is 5.23. The standard InChI is InChI=1S/C19H27N3O3/c1-13-16(14(2)21(3)20-13)12-22(11-15-7-5-4-6-8-15)19(24)17-9-10-18(23)25-17/h4-5,15,17H,6-12H2,1-3H3/t15-,17+/m1/s1. The zero-order valence-electron chi connectivity index (χ0n) is 15.3. The molecule has 1 aliphatic carbocycles. The Morgan fingerprint density at radius 1 is 1.36 bits per heavy atom. The zero-order valence-corrected chi connectivity index (χ0v) is 15.3. The molecule has 2 atom stereocenters. The van der Waals surface area contributed by atoms with Crippen LogP contribution in [-0.2, 0) is 27.9 Å². The maximum atomic E-state index is 13.0. The van der Waals surface area contributed by atoms with Crippen molar-refractivity contribution < 1.29 is 14.3 Å². The number of cyclic esters (lactones) is 1. The van der Waals surface area contributed by atoms with E-state index in [1.54, 1.807) is 0 Å². The molecule has 1 aromatic heterocycles. The number of amides is 1. The first-order valence-electron chi connectivity index (χ1n) is 9.08. The SMILES string of the molecule is Cc1nn(C)c(C)c1CN(C[C@@H]1CC=CCC1)C(=O)[C@@H]1CCC(=O)O1. The van der Waals surface area contributed by atoms with Gasteiger partial charge in [-0.05, 0) is 39.0 Å². The first-order valence-corrected chi connectivity index (χ1v) is 9.08. The molecule has 25 heavy (non-hydrogen) atoms. The lowest BCUT2D eigenvalue weighted by Crippen LogP contribution is -2.41. The number of aromatic nitrogens is 2. The third-order valence-electron chi connectivity index (χ3n) is 5.34. The Kier molecular flexibility index (Phi) is 5.25. The number of hydrogen-bond acceptors (Lipinski definition) is 4. The molecule has 3 rings (SSSR count). The molecule has 1 aliphatic heterocycles. The van der Waals surface area contributed by atoms with Gasteiger partial charge < -0.3 is 9.64 Å². The summed E-state index contributed by atoms with van der Waals surface area (Å²) >= 11 is 0. The maximum absolute atomic E-state index is 13.0. The van der Waals surface area contributed by atoms with Gasteiger partial charge in [0.05, 0.1) is 5.69 Å². The van der Waals surface area contributed by atoms with Crippen molar-refractivity contribution in [3.63, 3.8) is 0 Å². The van der Waals surface area contributed by atoms with Crippen molar-refractivity contribution in [1.82, 2.24) is 14.7 Å². The van der Waals surface area contributed by atoms with E-state index in [2.05, 4.69) is 17.3 Å². The quantitative estimate of drug-likeness (QED) is 0.607. The van der Waals surface area contributed by atoms with E-state index in [4.69, 9.17) is 4.74 Å². The molecular formula is C19H27N3O3. The second kappa shape index (κ2) is 7.42. The van der Waals surface area contributed by atoms with Gasteiger partial charge in [0.25, 0.3) is 5.91 Å². The van der Waals surface area contributed by atoms with Crippen molar-refractivity contribution in [3.8, 4) is 0 Å². The Hall–Kier alpha value is -2.11. The number of allylic oxidation sites excluding steroid dienone is 2. The van der Waals surface area contributed by atoms with Gasteiger partial charge in [0.1, 0.15) is 0 Å². The second-order valence-electron chi connectivity index (χ2n) is 7.16. The molecule has 0 radical (unpaired) electrons. The molecular weight excluding hydrogens is 318 g/mol. The van der Waals surface area contributed by atoms with Crippen LogP contribution in [0.25, 0.3) is 0 Å². The fourth-order valence-corrected chi connectivity index (χ4v) is 3.71. The van der Waals surface area contributed by atoms with Gasteiger partial charge in [0, 0.05) is 44.2 Å². The number of esters is 1. The van der Waals surface area contributed by atoms with Gasteiger partial charge in [-0.3, -0.25) is 14.3 Å². The van der Waals surface area contributed by atoms with Crippen molar-refractivity contribution >= 4 is 11.9 Å². The first kappa shape index (κ1) is 17.7. The zero-order chi connectivity index (χ0) is 18.0. The van der Waals surface area contributed by atoms with E-state index in [-0.39, 0.29) is 11.9 Å². The van der Waals surface area contributed by atoms with Gasteiger partial charge >= 0.3 is 5.97 Å². The maximum Gasteiger partial charge on any atom is 0.306 e. The van der Waals surface area contributed by atoms with E-state index in [1.807, 2.05) is 30.5 Å². The summed E-state index contributed by atoms with van der Waals surface area (Å²) in [5, 5.41) is 4.46. The van der Waals surface area contributed by atoms with Crippen LogP contribution >= 0.6 is 0 Å². The molecule has 6 nitrogen and oxygen atoms in total. The van der Waals surface area contributed by atoms with Gasteiger partial charge in [-0.25, -0.2) is 0 Å². The Morgan fingerprint density at radius 2 is 2.16 bits per heavy atom. The summed E-state index contributed by atoms with van der Waals surface area (Å²) in [4.78, 5) is 26.3. The number of carbonyl (C=O) groups is 2. The van der Waals surface area contributed by atoms with E-state index < -0.39 is 6.10 Å². The largest absolute Gasteiger partial charge is 0.452 e. The van der Waals surface area contributed by atoms with Crippen LogP contribution in [0.3, 0.4) is 0 Å². The van der Waals surface area contributed by atoms with Crippen LogP contribution in [0.5, 0.6) is 0 Å². The van der Waals surface area contributed by atoms with Crippen molar-refractivity contribution in [3.05, 3.63) is 29.1 Å². The molecule has 0 spiro atoms. The molecule has 0 unspecified atom stereocenters. The van der Waals surface area contributed by atoms with Crippen molar-refractivity contribution in [2.75, 3.05) is 6.54 Å². The predicted molar refractivity (Wildman–Crippen MR) is 93.7 cm³/mol. The molecule has 1 fully saturated rings. The molecule has 0 saturated carbocycles. The van der Waals surface area contributed by atoms with E-state index in [0.29, 0.717) is 31.8 Å². The fraction of sp³-hybridized carbons (Fsp3) is 0.632. The molecule has 0 bridgehead atoms. The third-order valence-corrected chi connectivity index (χ3v) is 5.34. The van der Waals surface area contributed by atoms with Crippen molar-refractivity contribution in [1.29, 1.82) is 0 Å². The average molecular weight is 345 g/mol. The molecule has 2 heterocycles. The average Bonchev–Trinajstić information content (AvgIpc) is 3.13. The minimum atomic E-state index is -0.621. The van der Waals surface area contributed by atoms with Crippen molar-refractivity contribution in [2.45, 2.75) is 58.6 Å². The number of aryl methyl sites for hydroxylation is 2. The predicted octanol–water partition coefficient (Wildman–Crippen LogP) is 2.43. The van der Waals surface area contributed by atoms with Crippen LogP contribution < -0.4 is 0 Å². The van der Waals surface area contributed by atoms with Crippen LogP contribution in [0.4, 0.5) is 0 Å². The third kappa shape index (κ3) is 3.94. The monoisotopic (exact) mass is 345 g/mol. The Balaban J connectivity index is 1.79. The molecule has 136 valence electrons. The first-order chi connectivity index (χ1) is 12.0. The molecule has 2 aliphatic rings. The van der Waals surface area contributed by atoms with Crippen molar-refractivity contribution in [2.24, 2.45) is 13.0 Å². The Bertz CT molecular complexity index is 692. The van der Waals surface area contributed by atoms with Crippen LogP contribution in [0.2, 0.25) is 0 Å². The fourth-order valence-electron chi connectivity index (χ4n) is 3.71. The topological polar surface area (TPSA) is 64.4 Å². The highest BCUT2D eigenvalue weighted by Crippen LogP contribution is 2.24. The van der Waals surface area contributed by atoms with E-state index in [1.165, 1.54) is 0 Å². The minimum absolute atomic E-state index is 0.0666. The summed E-state index contributed by atoms with van der Waals surface area (Å²) in [5.41, 5.74) is 3.11. The minimum Gasteiger partial charge on any atom is -0.452 e. The Labute approximate surface area is 148 Å². The van der Waals surface area contributed by atoms with Gasteiger partial charge in [-0.15, -0.1) is 0 Å². The lowest BCUT2D eigenvalue weighted by Gasteiger charge is -2.30. The highest BCUT2D eigenvalue weighted by molar-refractivity contribution is 5.86. The normalized spacial score (nSPS) is 22.9. The highest BCUT2D eigenvalue weighted by atomic mass is 16.6. The van der Waals surface area contributed by atoms with E-state index >= 15 is 0 Å². The summed E-state index contributed by atoms with van der Waals surface area (Å²) in [6, 6.07) is 0. The summed E-state index contributed by atoms with van der Waals surface area (Å²) in [7, 11) is 1.92. The van der Waals surface area contributed by atoms with E-state index in [9.17, 15) is 9.59 Å². The van der Waals surface area contributed by atoms with E-state index in [0.717, 1.165) is 36.2 Å². The molecule has 1 aromatic rings. The van der Waals surface area contributed by atoms with Gasteiger partial charge in [0.15, 0.2) is 6.10 Å². The van der Waals surface area contributed by atoms with Gasteiger partial charge in [-0.2, -0.15) is 5.10 Å². The number of hydrogen-bond donors (Lipinski definition) is 0. The number of ether oxygens (including phenoxy) is 1. The Morgan fingerprint density at radius 3 is 2.72 bits per heavy atom. The van der Waals surface area contributed by atoms with Gasteiger partial charge in [-0.1, -0.05) is 12.2 Å². The highest BCUT2D eigenvalue weighted by Gasteiger charge is 2.34. The number of nitrogens with zero attached hydrogens (tertiary/aromatic N) is 3. The smallest absolute Gasteiger partial charge is 0.306 e. The summed E-state index contributed by atoms with van der Waals surface area (Å²) < 4.78 is 7.09. The van der Waals surface area contributed by atoms with Gasteiger partial charge in [0.2, 0.25) is 0 Å². The lowest BCUT2D eigenvalue weighted by molar-refractivity contribution is -0.153.